The molecule has 6 heteroatoms. The standard InChI is InChI=1S/C20H23FN2O2S/c1-2-3-4-7-14-25-16-12-10-15(11-13-16)19(24)23-20(26)22-18-9-6-5-8-17(18)21/h5-6,8-13H,2-4,7,14H2,1H3,(H2,22,23,24,26). The van der Waals surface area contributed by atoms with Crippen LogP contribution in [-0.4, -0.2) is 17.6 Å². The third-order valence-corrected chi connectivity index (χ3v) is 3.94. The fraction of sp³-hybridized carbons (Fsp3) is 0.300. The second-order valence-corrected chi connectivity index (χ2v) is 6.23. The molecule has 2 N–H and O–H groups in total. The largest absolute Gasteiger partial charge is 0.494 e. The van der Waals surface area contributed by atoms with E-state index in [1.807, 2.05) is 0 Å². The number of anilines is 1. The molecule has 0 atom stereocenters. The van der Waals surface area contributed by atoms with Crippen LogP contribution in [0.4, 0.5) is 10.1 Å². The second kappa shape index (κ2) is 10.5. The molecule has 1 amide bonds. The van der Waals surface area contributed by atoms with Gasteiger partial charge in [0.25, 0.3) is 5.91 Å². The molecule has 0 aliphatic rings. The monoisotopic (exact) mass is 374 g/mol. The van der Waals surface area contributed by atoms with Crippen molar-refractivity contribution in [2.75, 3.05) is 11.9 Å². The number of rotatable bonds is 8. The van der Waals surface area contributed by atoms with E-state index in [0.29, 0.717) is 12.2 Å². The van der Waals surface area contributed by atoms with E-state index < -0.39 is 5.82 Å². The maximum Gasteiger partial charge on any atom is 0.257 e. The number of hydrogen-bond acceptors (Lipinski definition) is 3. The van der Waals surface area contributed by atoms with Gasteiger partial charge in [0.15, 0.2) is 5.11 Å². The van der Waals surface area contributed by atoms with E-state index in [9.17, 15) is 9.18 Å². The number of amides is 1. The highest BCUT2D eigenvalue weighted by molar-refractivity contribution is 7.80. The molecule has 0 aliphatic carbocycles. The molecule has 0 radical (unpaired) electrons. The van der Waals surface area contributed by atoms with E-state index >= 15 is 0 Å². The molecule has 0 aromatic heterocycles. The first-order chi connectivity index (χ1) is 12.6. The number of unbranched alkanes of at least 4 members (excludes halogenated alkanes) is 3. The van der Waals surface area contributed by atoms with Crippen LogP contribution in [0.15, 0.2) is 48.5 Å². The third-order valence-electron chi connectivity index (χ3n) is 3.73. The third kappa shape index (κ3) is 6.44. The summed E-state index contributed by atoms with van der Waals surface area (Å²) in [5.74, 6) is -0.0806. The van der Waals surface area contributed by atoms with E-state index in [1.54, 1.807) is 42.5 Å². The zero-order valence-electron chi connectivity index (χ0n) is 14.8. The summed E-state index contributed by atoms with van der Waals surface area (Å²) in [5, 5.41) is 5.24. The number of para-hydroxylation sites is 1. The number of nitrogens with one attached hydrogen (secondary N) is 2. The van der Waals surface area contributed by atoms with Crippen LogP contribution in [0, 0.1) is 5.82 Å². The first-order valence-corrected chi connectivity index (χ1v) is 9.10. The van der Waals surface area contributed by atoms with E-state index in [2.05, 4.69) is 17.6 Å². The lowest BCUT2D eigenvalue weighted by atomic mass is 10.2. The van der Waals surface area contributed by atoms with Crippen molar-refractivity contribution in [2.24, 2.45) is 0 Å². The second-order valence-electron chi connectivity index (χ2n) is 5.82. The summed E-state index contributed by atoms with van der Waals surface area (Å²) in [4.78, 5) is 12.2. The van der Waals surface area contributed by atoms with Gasteiger partial charge in [-0.15, -0.1) is 0 Å². The number of halogens is 1. The highest BCUT2D eigenvalue weighted by Gasteiger charge is 2.09. The van der Waals surface area contributed by atoms with Crippen LogP contribution >= 0.6 is 12.2 Å². The average molecular weight is 374 g/mol. The van der Waals surface area contributed by atoms with Gasteiger partial charge in [-0.1, -0.05) is 38.3 Å². The summed E-state index contributed by atoms with van der Waals surface area (Å²) in [6.45, 7) is 2.84. The number of thiocarbonyl (C=S) groups is 1. The van der Waals surface area contributed by atoms with Crippen molar-refractivity contribution in [1.82, 2.24) is 5.32 Å². The van der Waals surface area contributed by atoms with Gasteiger partial charge in [0.2, 0.25) is 0 Å². The topological polar surface area (TPSA) is 50.4 Å². The molecule has 0 aliphatic heterocycles. The van der Waals surface area contributed by atoms with Gasteiger partial charge in [0.1, 0.15) is 11.6 Å². The predicted octanol–water partition coefficient (Wildman–Crippen LogP) is 4.91. The molecule has 2 aromatic carbocycles. The molecule has 2 aromatic rings. The summed E-state index contributed by atoms with van der Waals surface area (Å²) in [5.41, 5.74) is 0.658. The Hall–Kier alpha value is -2.47. The Balaban J connectivity index is 1.81. The fourth-order valence-electron chi connectivity index (χ4n) is 2.31. The Morgan fingerprint density at radius 1 is 1.08 bits per heavy atom. The van der Waals surface area contributed by atoms with Crippen molar-refractivity contribution in [2.45, 2.75) is 32.6 Å². The molecule has 138 valence electrons. The Morgan fingerprint density at radius 2 is 1.81 bits per heavy atom. The van der Waals surface area contributed by atoms with Crippen molar-refractivity contribution in [1.29, 1.82) is 0 Å². The molecule has 0 unspecified atom stereocenters. The van der Waals surface area contributed by atoms with Crippen molar-refractivity contribution in [3.8, 4) is 5.75 Å². The van der Waals surface area contributed by atoms with E-state index in [-0.39, 0.29) is 16.7 Å². The number of benzene rings is 2. The van der Waals surface area contributed by atoms with Crippen molar-refractivity contribution in [3.63, 3.8) is 0 Å². The lowest BCUT2D eigenvalue weighted by Gasteiger charge is -2.11. The molecule has 4 nitrogen and oxygen atoms in total. The predicted molar refractivity (Wildman–Crippen MR) is 106 cm³/mol. The Morgan fingerprint density at radius 3 is 2.50 bits per heavy atom. The highest BCUT2D eigenvalue weighted by atomic mass is 32.1. The summed E-state index contributed by atoms with van der Waals surface area (Å²) in [7, 11) is 0. The van der Waals surface area contributed by atoms with Crippen molar-refractivity contribution < 1.29 is 13.9 Å². The van der Waals surface area contributed by atoms with E-state index in [1.165, 1.54) is 18.9 Å². The molecular weight excluding hydrogens is 351 g/mol. The zero-order valence-corrected chi connectivity index (χ0v) is 15.6. The lowest BCUT2D eigenvalue weighted by Crippen LogP contribution is -2.34. The first kappa shape index (κ1) is 19.8. The summed E-state index contributed by atoms with van der Waals surface area (Å²) in [6, 6.07) is 13.0. The van der Waals surface area contributed by atoms with Crippen LogP contribution in [-0.2, 0) is 0 Å². The van der Waals surface area contributed by atoms with Gasteiger partial charge in [0, 0.05) is 5.56 Å². The normalized spacial score (nSPS) is 10.2. The van der Waals surface area contributed by atoms with E-state index in [0.717, 1.165) is 18.6 Å². The number of carbonyl (C=O) groups excluding carboxylic acids is 1. The smallest absolute Gasteiger partial charge is 0.257 e. The quantitative estimate of drug-likeness (QED) is 0.509. The summed E-state index contributed by atoms with van der Waals surface area (Å²) < 4.78 is 19.2. The highest BCUT2D eigenvalue weighted by Crippen LogP contribution is 2.14. The van der Waals surface area contributed by atoms with E-state index in [4.69, 9.17) is 17.0 Å². The Labute approximate surface area is 158 Å². The van der Waals surface area contributed by atoms with Gasteiger partial charge in [-0.2, -0.15) is 0 Å². The Kier molecular flexibility index (Phi) is 8.02. The SMILES string of the molecule is CCCCCCOc1ccc(C(=O)NC(=S)Nc2ccccc2F)cc1. The minimum atomic E-state index is -0.440. The van der Waals surface area contributed by atoms with Crippen LogP contribution in [0.1, 0.15) is 43.0 Å². The number of ether oxygens (including phenoxy) is 1. The Bertz CT molecular complexity index is 735. The van der Waals surface area contributed by atoms with Crippen LogP contribution in [0.3, 0.4) is 0 Å². The van der Waals surface area contributed by atoms with Crippen LogP contribution in [0.5, 0.6) is 5.75 Å². The summed E-state index contributed by atoms with van der Waals surface area (Å²) in [6.07, 6.45) is 4.58. The number of carbonyl (C=O) groups is 1. The van der Waals surface area contributed by atoms with Gasteiger partial charge in [0.05, 0.1) is 12.3 Å². The molecule has 0 spiro atoms. The van der Waals surface area contributed by atoms with Crippen molar-refractivity contribution >= 4 is 28.9 Å². The minimum Gasteiger partial charge on any atom is -0.494 e. The zero-order chi connectivity index (χ0) is 18.8. The summed E-state index contributed by atoms with van der Waals surface area (Å²) >= 11 is 5.06. The number of hydrogen-bond donors (Lipinski definition) is 2. The fourth-order valence-corrected chi connectivity index (χ4v) is 2.52. The maximum atomic E-state index is 13.6. The molecule has 0 fully saturated rings. The van der Waals surface area contributed by atoms with Gasteiger partial charge in [-0.05, 0) is 55.0 Å². The molecule has 0 heterocycles. The first-order valence-electron chi connectivity index (χ1n) is 8.70. The average Bonchev–Trinajstić information content (AvgIpc) is 2.64. The molecule has 0 bridgehead atoms. The molecule has 0 saturated carbocycles. The van der Waals surface area contributed by atoms with Crippen LogP contribution < -0.4 is 15.4 Å². The van der Waals surface area contributed by atoms with Crippen molar-refractivity contribution in [3.05, 3.63) is 59.9 Å². The van der Waals surface area contributed by atoms with Crippen LogP contribution in [0.2, 0.25) is 0 Å². The molecule has 0 saturated heterocycles. The van der Waals surface area contributed by atoms with Crippen LogP contribution in [0.25, 0.3) is 0 Å². The van der Waals surface area contributed by atoms with Gasteiger partial charge in [-0.25, -0.2) is 4.39 Å². The minimum absolute atomic E-state index is 0.0383. The van der Waals surface area contributed by atoms with Gasteiger partial charge >= 0.3 is 0 Å². The van der Waals surface area contributed by atoms with Gasteiger partial charge < -0.3 is 10.1 Å². The molecular formula is C20H23FN2O2S. The molecule has 2 rings (SSSR count). The maximum absolute atomic E-state index is 13.6. The lowest BCUT2D eigenvalue weighted by molar-refractivity contribution is 0.0977. The molecule has 26 heavy (non-hydrogen) atoms. The van der Waals surface area contributed by atoms with Gasteiger partial charge in [-0.3, -0.25) is 10.1 Å².